The zero-order chi connectivity index (χ0) is 24.6. The first-order valence-corrected chi connectivity index (χ1v) is 15.9. The predicted molar refractivity (Wildman–Crippen MR) is 141 cm³/mol. The molecule has 32 heavy (non-hydrogen) atoms. The molecule has 0 rings (SSSR count). The Bertz CT molecular complexity index is 452. The first-order chi connectivity index (χ1) is 15.2. The normalized spacial score (nSPS) is 11.9. The minimum absolute atomic E-state index is 1.29. The summed E-state index contributed by atoms with van der Waals surface area (Å²) >= 11 is 2.19. The second-order valence-electron chi connectivity index (χ2n) is 9.06. The molecule has 0 saturated carbocycles. The van der Waals surface area contributed by atoms with Gasteiger partial charge >= 0.3 is 0 Å². The number of thioether (sulfide) groups is 1. The van der Waals surface area contributed by atoms with Crippen molar-refractivity contribution in [1.29, 1.82) is 0 Å². The lowest BCUT2D eigenvalue weighted by Crippen LogP contribution is -2.47. The Kier molecular flexibility index (Phi) is 26.1. The molecule has 0 saturated heterocycles. The van der Waals surface area contributed by atoms with E-state index in [0.717, 1.165) is 0 Å². The third-order valence-electron chi connectivity index (χ3n) is 6.52. The molecule has 0 bridgehead atoms. The SMILES string of the molecule is CCCCCCCCCCCCCCCCCCSC[N+](CC)(CC)CC.O=S(=O)([O-])O. The van der Waals surface area contributed by atoms with Gasteiger partial charge in [0, 0.05) is 0 Å². The summed E-state index contributed by atoms with van der Waals surface area (Å²) in [4.78, 5) is 0. The highest BCUT2D eigenvalue weighted by molar-refractivity contribution is 7.99. The van der Waals surface area contributed by atoms with Gasteiger partial charge in [0.2, 0.25) is 10.4 Å². The Morgan fingerprint density at radius 2 is 0.906 bits per heavy atom. The van der Waals surface area contributed by atoms with E-state index in [1.54, 1.807) is 0 Å². The Labute approximate surface area is 205 Å². The van der Waals surface area contributed by atoms with Gasteiger partial charge in [-0.2, -0.15) is 0 Å². The number of rotatable bonds is 22. The average Bonchev–Trinajstić information content (AvgIpc) is 2.75. The number of nitrogens with zero attached hydrogens (tertiary/aromatic N) is 1. The number of hydrogen-bond acceptors (Lipinski definition) is 4. The lowest BCUT2D eigenvalue weighted by Gasteiger charge is -2.35. The maximum Gasteiger partial charge on any atom is 0.215 e. The van der Waals surface area contributed by atoms with Gasteiger partial charge in [-0.1, -0.05) is 103 Å². The molecule has 0 heterocycles. The molecule has 0 aliphatic carbocycles. The van der Waals surface area contributed by atoms with E-state index >= 15 is 0 Å². The van der Waals surface area contributed by atoms with Gasteiger partial charge < -0.3 is 9.04 Å². The second-order valence-corrected chi connectivity index (χ2v) is 11.0. The molecule has 0 radical (unpaired) electrons. The number of quaternary nitrogens is 1. The maximum absolute atomic E-state index is 8.63. The fraction of sp³-hybridized carbons (Fsp3) is 1.00. The van der Waals surface area contributed by atoms with Crippen LogP contribution in [0, 0.1) is 0 Å². The van der Waals surface area contributed by atoms with Crippen LogP contribution in [0.5, 0.6) is 0 Å². The Balaban J connectivity index is 0. The van der Waals surface area contributed by atoms with Crippen molar-refractivity contribution in [3.05, 3.63) is 0 Å². The predicted octanol–water partition coefficient (Wildman–Crippen LogP) is 7.82. The van der Waals surface area contributed by atoms with Crippen LogP contribution in [0.4, 0.5) is 0 Å². The van der Waals surface area contributed by atoms with Crippen LogP contribution < -0.4 is 0 Å². The molecular formula is C25H55NO4S2. The Hall–Kier alpha value is 0.180. The average molecular weight is 498 g/mol. The summed E-state index contributed by atoms with van der Waals surface area (Å²) in [6.07, 6.45) is 23.4. The summed E-state index contributed by atoms with van der Waals surface area (Å²) in [5.74, 6) is 2.70. The molecule has 7 heteroatoms. The summed E-state index contributed by atoms with van der Waals surface area (Å²) in [6, 6.07) is 0. The minimum Gasteiger partial charge on any atom is -0.726 e. The highest BCUT2D eigenvalue weighted by Gasteiger charge is 2.19. The van der Waals surface area contributed by atoms with Crippen LogP contribution in [-0.2, 0) is 10.4 Å². The first-order valence-electron chi connectivity index (χ1n) is 13.4. The van der Waals surface area contributed by atoms with Crippen molar-refractivity contribution in [2.75, 3.05) is 31.3 Å². The van der Waals surface area contributed by atoms with E-state index in [1.807, 2.05) is 0 Å². The van der Waals surface area contributed by atoms with Crippen molar-refractivity contribution in [2.45, 2.75) is 130 Å². The van der Waals surface area contributed by atoms with Crippen LogP contribution in [0.2, 0.25) is 0 Å². The summed E-state index contributed by atoms with van der Waals surface area (Å²) in [7, 11) is -4.92. The van der Waals surface area contributed by atoms with E-state index in [9.17, 15) is 0 Å². The molecule has 0 unspecified atom stereocenters. The summed E-state index contributed by atoms with van der Waals surface area (Å²) in [5.41, 5.74) is 0. The summed E-state index contributed by atoms with van der Waals surface area (Å²) < 4.78 is 34.1. The van der Waals surface area contributed by atoms with Crippen LogP contribution in [0.25, 0.3) is 0 Å². The lowest BCUT2D eigenvalue weighted by atomic mass is 10.0. The highest BCUT2D eigenvalue weighted by atomic mass is 32.3. The third kappa shape index (κ3) is 28.2. The quantitative estimate of drug-likeness (QED) is 0.0542. The molecule has 0 aliphatic rings. The van der Waals surface area contributed by atoms with Crippen molar-refractivity contribution in [2.24, 2.45) is 0 Å². The third-order valence-corrected chi connectivity index (χ3v) is 7.83. The molecule has 0 aromatic carbocycles. The van der Waals surface area contributed by atoms with Crippen molar-refractivity contribution in [1.82, 2.24) is 0 Å². The zero-order valence-corrected chi connectivity index (χ0v) is 23.4. The lowest BCUT2D eigenvalue weighted by molar-refractivity contribution is -0.911. The van der Waals surface area contributed by atoms with E-state index in [-0.39, 0.29) is 0 Å². The molecule has 0 aliphatic heterocycles. The molecule has 196 valence electrons. The maximum atomic E-state index is 8.63. The highest BCUT2D eigenvalue weighted by Crippen LogP contribution is 2.17. The molecule has 0 spiro atoms. The zero-order valence-electron chi connectivity index (χ0n) is 21.8. The standard InChI is InChI=1S/C25H54NS.H2O4S/c1-5-9-10-11-12-13-14-15-16-17-18-19-20-21-22-23-24-27-25-26(6-2,7-3)8-4;1-5(2,3)4/h5-25H2,1-4H3;(H2,1,2,3,4)/q+1;/p-1. The van der Waals surface area contributed by atoms with Gasteiger partial charge in [-0.05, 0) is 32.9 Å². The fourth-order valence-corrected chi connectivity index (χ4v) is 5.43. The van der Waals surface area contributed by atoms with E-state index in [0.29, 0.717) is 0 Å². The van der Waals surface area contributed by atoms with Crippen molar-refractivity contribution in [3.63, 3.8) is 0 Å². The van der Waals surface area contributed by atoms with Gasteiger partial charge in [0.15, 0.2) is 0 Å². The van der Waals surface area contributed by atoms with Crippen LogP contribution in [0.15, 0.2) is 0 Å². The minimum atomic E-state index is -4.92. The number of unbranched alkanes of at least 4 members (excludes halogenated alkanes) is 15. The van der Waals surface area contributed by atoms with Crippen LogP contribution in [-0.4, -0.2) is 53.3 Å². The number of hydrogen-bond donors (Lipinski definition) is 1. The molecular weight excluding hydrogens is 442 g/mol. The first kappa shape index (κ1) is 34.3. The molecule has 0 aromatic heterocycles. The van der Waals surface area contributed by atoms with E-state index in [2.05, 4.69) is 39.5 Å². The van der Waals surface area contributed by atoms with Gasteiger partial charge in [-0.15, -0.1) is 11.8 Å². The van der Waals surface area contributed by atoms with Crippen LogP contribution in [0.3, 0.4) is 0 Å². The Morgan fingerprint density at radius 3 is 1.19 bits per heavy atom. The molecule has 5 nitrogen and oxygen atoms in total. The smallest absolute Gasteiger partial charge is 0.215 e. The van der Waals surface area contributed by atoms with Crippen LogP contribution >= 0.6 is 11.8 Å². The topological polar surface area (TPSA) is 77.4 Å². The molecule has 0 atom stereocenters. The monoisotopic (exact) mass is 497 g/mol. The van der Waals surface area contributed by atoms with Crippen molar-refractivity contribution in [3.8, 4) is 0 Å². The van der Waals surface area contributed by atoms with Gasteiger partial charge in [0.1, 0.15) is 5.88 Å². The van der Waals surface area contributed by atoms with Crippen LogP contribution in [0.1, 0.15) is 130 Å². The van der Waals surface area contributed by atoms with Gasteiger partial charge in [-0.3, -0.25) is 4.55 Å². The molecule has 1 N–H and O–H groups in total. The molecule has 0 aromatic rings. The summed E-state index contributed by atoms with van der Waals surface area (Å²) in [6.45, 7) is 13.2. The largest absolute Gasteiger partial charge is 0.726 e. The van der Waals surface area contributed by atoms with Gasteiger partial charge in [-0.25, -0.2) is 8.42 Å². The van der Waals surface area contributed by atoms with Gasteiger partial charge in [0.25, 0.3) is 0 Å². The molecule has 0 amide bonds. The molecule has 0 fully saturated rings. The summed E-state index contributed by atoms with van der Waals surface area (Å²) in [5, 5.41) is 0. The second kappa shape index (κ2) is 24.3. The van der Waals surface area contributed by atoms with E-state index in [1.165, 1.54) is 138 Å². The fourth-order valence-electron chi connectivity index (χ4n) is 3.96. The van der Waals surface area contributed by atoms with Crippen molar-refractivity contribution < 1.29 is 22.0 Å². The Morgan fingerprint density at radius 1 is 0.625 bits per heavy atom. The van der Waals surface area contributed by atoms with E-state index < -0.39 is 10.4 Å². The van der Waals surface area contributed by atoms with E-state index in [4.69, 9.17) is 17.5 Å². The van der Waals surface area contributed by atoms with Crippen molar-refractivity contribution >= 4 is 22.2 Å². The van der Waals surface area contributed by atoms with Gasteiger partial charge in [0.05, 0.1) is 19.6 Å².